The lowest BCUT2D eigenvalue weighted by Gasteiger charge is -2.17. The highest BCUT2D eigenvalue weighted by Crippen LogP contribution is 2.33. The molecule has 0 aliphatic carbocycles. The predicted molar refractivity (Wildman–Crippen MR) is 133 cm³/mol. The number of pyridine rings is 1. The summed E-state index contributed by atoms with van der Waals surface area (Å²) in [4.78, 5) is 13.3. The lowest BCUT2D eigenvalue weighted by Crippen LogP contribution is -2.29. The van der Waals surface area contributed by atoms with E-state index in [1.165, 1.54) is 16.8 Å². The molecule has 12 heteroatoms. The van der Waals surface area contributed by atoms with E-state index in [9.17, 15) is 8.42 Å². The maximum Gasteiger partial charge on any atom is 0.227 e. The first-order valence-electron chi connectivity index (χ1n) is 10.8. The zero-order chi connectivity index (χ0) is 24.6. The topological polar surface area (TPSA) is 111 Å². The maximum absolute atomic E-state index is 11.8. The van der Waals surface area contributed by atoms with Crippen LogP contribution in [0.2, 0.25) is 5.02 Å². The van der Waals surface area contributed by atoms with Gasteiger partial charge in [-0.1, -0.05) is 17.7 Å². The van der Waals surface area contributed by atoms with E-state index in [0.29, 0.717) is 53.4 Å². The van der Waals surface area contributed by atoms with Gasteiger partial charge in [0.2, 0.25) is 16.0 Å². The monoisotopic (exact) mass is 514 g/mol. The van der Waals surface area contributed by atoms with E-state index in [4.69, 9.17) is 21.1 Å². The molecule has 1 aromatic carbocycles. The molecular weight excluding hydrogens is 492 g/mol. The van der Waals surface area contributed by atoms with Crippen molar-refractivity contribution in [3.05, 3.63) is 60.0 Å². The third-order valence-electron chi connectivity index (χ3n) is 5.70. The summed E-state index contributed by atoms with van der Waals surface area (Å²) in [5.41, 5.74) is 2.70. The number of anilines is 2. The maximum atomic E-state index is 11.8. The van der Waals surface area contributed by atoms with Crippen LogP contribution in [-0.4, -0.2) is 64.6 Å². The number of nitrogens with one attached hydrogen (secondary N) is 1. The Bertz CT molecular complexity index is 1490. The molecule has 3 aromatic heterocycles. The number of hydrogen-bond donors (Lipinski definition) is 1. The van der Waals surface area contributed by atoms with Crippen molar-refractivity contribution in [2.45, 2.75) is 12.5 Å². The molecule has 1 aliphatic rings. The molecule has 0 saturated carbocycles. The Morgan fingerprint density at radius 2 is 2.03 bits per heavy atom. The molecule has 182 valence electrons. The molecule has 1 aliphatic heterocycles. The van der Waals surface area contributed by atoms with Crippen molar-refractivity contribution in [2.75, 3.05) is 31.8 Å². The highest BCUT2D eigenvalue weighted by Gasteiger charge is 2.30. The summed E-state index contributed by atoms with van der Waals surface area (Å²) >= 11 is 6.41. The van der Waals surface area contributed by atoms with E-state index in [2.05, 4.69) is 20.3 Å². The minimum Gasteiger partial charge on any atom is -0.494 e. The van der Waals surface area contributed by atoms with E-state index in [1.54, 1.807) is 31.5 Å². The smallest absolute Gasteiger partial charge is 0.227 e. The summed E-state index contributed by atoms with van der Waals surface area (Å²) in [5, 5.41) is 3.57. The van der Waals surface area contributed by atoms with Crippen LogP contribution in [0.15, 0.2) is 55.0 Å². The van der Waals surface area contributed by atoms with Crippen molar-refractivity contribution >= 4 is 38.9 Å². The SMILES string of the molecule is COc1cc(OC2CCN(S(C)(=O)=O)C2)ccc1Nc1ncc(Cl)c(-c2cnc3ccccn23)n1. The summed E-state index contributed by atoms with van der Waals surface area (Å²) in [5.74, 6) is 1.44. The number of nitrogens with zero attached hydrogens (tertiary/aromatic N) is 5. The van der Waals surface area contributed by atoms with Gasteiger partial charge in [0.05, 0.1) is 48.7 Å². The summed E-state index contributed by atoms with van der Waals surface area (Å²) < 4.78 is 38.4. The van der Waals surface area contributed by atoms with Crippen LogP contribution >= 0.6 is 11.6 Å². The van der Waals surface area contributed by atoms with Gasteiger partial charge < -0.3 is 14.8 Å². The average Bonchev–Trinajstić information content (AvgIpc) is 3.48. The van der Waals surface area contributed by atoms with Crippen LogP contribution in [0.3, 0.4) is 0 Å². The molecule has 1 unspecified atom stereocenters. The minimum absolute atomic E-state index is 0.221. The molecule has 0 bridgehead atoms. The number of hydrogen-bond acceptors (Lipinski definition) is 8. The Kier molecular flexibility index (Phi) is 6.22. The second-order valence-corrected chi connectivity index (χ2v) is 10.5. The highest BCUT2D eigenvalue weighted by atomic mass is 35.5. The number of methoxy groups -OCH3 is 1. The molecule has 0 spiro atoms. The van der Waals surface area contributed by atoms with Crippen molar-refractivity contribution in [3.8, 4) is 22.9 Å². The molecule has 4 aromatic rings. The Morgan fingerprint density at radius 1 is 1.17 bits per heavy atom. The van der Waals surface area contributed by atoms with Crippen molar-refractivity contribution < 1.29 is 17.9 Å². The van der Waals surface area contributed by atoms with E-state index >= 15 is 0 Å². The van der Waals surface area contributed by atoms with Crippen molar-refractivity contribution in [3.63, 3.8) is 0 Å². The average molecular weight is 515 g/mol. The van der Waals surface area contributed by atoms with Crippen LogP contribution in [0.4, 0.5) is 11.6 Å². The number of ether oxygens (including phenoxy) is 2. The molecule has 1 atom stereocenters. The van der Waals surface area contributed by atoms with Gasteiger partial charge in [-0.25, -0.2) is 23.4 Å². The van der Waals surface area contributed by atoms with Crippen molar-refractivity contribution in [2.24, 2.45) is 0 Å². The number of fused-ring (bicyclic) bond motifs is 1. The largest absolute Gasteiger partial charge is 0.494 e. The molecule has 10 nitrogen and oxygen atoms in total. The summed E-state index contributed by atoms with van der Waals surface area (Å²) in [6.07, 6.45) is 6.75. The molecule has 35 heavy (non-hydrogen) atoms. The van der Waals surface area contributed by atoms with E-state index in [0.717, 1.165) is 11.3 Å². The Balaban J connectivity index is 1.36. The van der Waals surface area contributed by atoms with Gasteiger partial charge in [-0.15, -0.1) is 0 Å². The fourth-order valence-electron chi connectivity index (χ4n) is 3.97. The number of aromatic nitrogens is 4. The van der Waals surface area contributed by atoms with Crippen LogP contribution in [0, 0.1) is 0 Å². The molecule has 1 N–H and O–H groups in total. The van der Waals surface area contributed by atoms with Gasteiger partial charge in [0.1, 0.15) is 28.9 Å². The Morgan fingerprint density at radius 3 is 2.80 bits per heavy atom. The molecule has 5 rings (SSSR count). The molecule has 0 radical (unpaired) electrons. The van der Waals surface area contributed by atoms with Gasteiger partial charge in [-0.05, 0) is 30.7 Å². The molecule has 1 fully saturated rings. The predicted octanol–water partition coefficient (Wildman–Crippen LogP) is 3.61. The van der Waals surface area contributed by atoms with Crippen LogP contribution < -0.4 is 14.8 Å². The summed E-state index contributed by atoms with van der Waals surface area (Å²) in [6.45, 7) is 0.773. The van der Waals surface area contributed by atoms with Crippen LogP contribution in [-0.2, 0) is 10.0 Å². The molecule has 1 saturated heterocycles. The molecule has 0 amide bonds. The first kappa shape index (κ1) is 23.3. The minimum atomic E-state index is -3.23. The number of benzene rings is 1. The van der Waals surface area contributed by atoms with Gasteiger partial charge in [-0.2, -0.15) is 4.31 Å². The van der Waals surface area contributed by atoms with E-state index in [-0.39, 0.29) is 6.10 Å². The number of halogens is 1. The number of sulfonamides is 1. The van der Waals surface area contributed by atoms with Gasteiger partial charge in [0.25, 0.3) is 0 Å². The first-order chi connectivity index (χ1) is 16.8. The van der Waals surface area contributed by atoms with Crippen molar-refractivity contribution in [1.29, 1.82) is 0 Å². The lowest BCUT2D eigenvalue weighted by molar-refractivity contribution is 0.215. The number of imidazole rings is 1. The third-order valence-corrected chi connectivity index (χ3v) is 7.25. The normalized spacial score (nSPS) is 16.5. The fourth-order valence-corrected chi connectivity index (χ4v) is 5.03. The lowest BCUT2D eigenvalue weighted by atomic mass is 10.2. The van der Waals surface area contributed by atoms with Gasteiger partial charge in [0, 0.05) is 18.8 Å². The van der Waals surface area contributed by atoms with Crippen LogP contribution in [0.1, 0.15) is 6.42 Å². The third kappa shape index (κ3) is 4.88. The highest BCUT2D eigenvalue weighted by molar-refractivity contribution is 7.88. The van der Waals surface area contributed by atoms with E-state index < -0.39 is 10.0 Å². The zero-order valence-electron chi connectivity index (χ0n) is 19.1. The summed E-state index contributed by atoms with van der Waals surface area (Å²) in [7, 11) is -1.67. The Labute approximate surface area is 207 Å². The standard InChI is InChI=1S/C23H23ClN6O4S/c1-33-20-11-15(34-16-8-10-29(14-16)35(2,31)32)6-7-18(20)27-23-26-12-17(24)22(28-23)19-13-25-21-5-3-4-9-30(19)21/h3-7,9,11-13,16H,8,10,14H2,1-2H3,(H,26,27,28). The van der Waals surface area contributed by atoms with Gasteiger partial charge in [-0.3, -0.25) is 4.40 Å². The molecule has 4 heterocycles. The van der Waals surface area contributed by atoms with Gasteiger partial charge >= 0.3 is 0 Å². The fraction of sp³-hybridized carbons (Fsp3) is 0.261. The van der Waals surface area contributed by atoms with Crippen LogP contribution in [0.25, 0.3) is 17.0 Å². The quantitative estimate of drug-likeness (QED) is 0.398. The number of rotatable bonds is 7. The zero-order valence-corrected chi connectivity index (χ0v) is 20.6. The van der Waals surface area contributed by atoms with Gasteiger partial charge in [0.15, 0.2) is 0 Å². The van der Waals surface area contributed by atoms with Crippen LogP contribution in [0.5, 0.6) is 11.5 Å². The second-order valence-electron chi connectivity index (χ2n) is 8.10. The molecular formula is C23H23ClN6O4S. The van der Waals surface area contributed by atoms with Crippen molar-refractivity contribution in [1.82, 2.24) is 23.7 Å². The van der Waals surface area contributed by atoms with E-state index in [1.807, 2.05) is 28.8 Å². The Hall–Kier alpha value is -3.41. The second kappa shape index (κ2) is 9.33. The first-order valence-corrected chi connectivity index (χ1v) is 13.1. The summed E-state index contributed by atoms with van der Waals surface area (Å²) in [6, 6.07) is 11.0.